The number of hydrogen-bond donors (Lipinski definition) is 1. The maximum atomic E-state index is 12.2. The molecule has 2 rings (SSSR count). The molecule has 1 aromatic heterocycles. The zero-order valence-electron chi connectivity index (χ0n) is 11.2. The number of nitrogens with zero attached hydrogens (tertiary/aromatic N) is 2. The van der Waals surface area contributed by atoms with Crippen LogP contribution in [0.1, 0.15) is 29.6 Å². The highest BCUT2D eigenvalue weighted by atomic mass is 16.4. The normalized spacial score (nSPS) is 11.2. The van der Waals surface area contributed by atoms with Crippen LogP contribution in [0.4, 0.5) is 0 Å². The lowest BCUT2D eigenvalue weighted by atomic mass is 10.2. The molecule has 0 atom stereocenters. The fourth-order valence-electron chi connectivity index (χ4n) is 2.17. The summed E-state index contributed by atoms with van der Waals surface area (Å²) in [5.74, 6) is -0.979. The van der Waals surface area contributed by atoms with Gasteiger partial charge in [0.1, 0.15) is 0 Å². The lowest BCUT2D eigenvalue weighted by Crippen LogP contribution is -2.09. The molecule has 0 amide bonds. The first-order chi connectivity index (χ1) is 9.63. The van der Waals surface area contributed by atoms with E-state index in [9.17, 15) is 9.59 Å². The van der Waals surface area contributed by atoms with Gasteiger partial charge in [-0.2, -0.15) is 0 Å². The van der Waals surface area contributed by atoms with Crippen molar-refractivity contribution in [1.29, 1.82) is 0 Å². The van der Waals surface area contributed by atoms with Crippen molar-refractivity contribution in [2.75, 3.05) is 7.05 Å². The minimum Gasteiger partial charge on any atom is -0.481 e. The molecule has 20 heavy (non-hydrogen) atoms. The summed E-state index contributed by atoms with van der Waals surface area (Å²) >= 11 is 0. The van der Waals surface area contributed by atoms with E-state index in [2.05, 4.69) is 4.99 Å². The molecule has 0 fully saturated rings. The van der Waals surface area contributed by atoms with Crippen LogP contribution in [0.5, 0.6) is 0 Å². The SMILES string of the molecule is CN=Cc1cn(C(=O)CCCC(=O)O)c2ccccc12. The molecule has 1 heterocycles. The van der Waals surface area contributed by atoms with Gasteiger partial charge in [-0.05, 0) is 12.5 Å². The van der Waals surface area contributed by atoms with Crippen LogP contribution in [0.3, 0.4) is 0 Å². The van der Waals surface area contributed by atoms with E-state index in [4.69, 9.17) is 5.11 Å². The Morgan fingerprint density at radius 3 is 2.75 bits per heavy atom. The fraction of sp³-hybridized carbons (Fsp3) is 0.267. The largest absolute Gasteiger partial charge is 0.481 e. The van der Waals surface area contributed by atoms with Gasteiger partial charge in [-0.3, -0.25) is 19.1 Å². The molecular formula is C15H16N2O3. The predicted octanol–water partition coefficient (Wildman–Crippen LogP) is 2.59. The Hall–Kier alpha value is -2.43. The first-order valence-electron chi connectivity index (χ1n) is 6.40. The number of aliphatic carboxylic acids is 1. The summed E-state index contributed by atoms with van der Waals surface area (Å²) in [6.45, 7) is 0. The third-order valence-electron chi connectivity index (χ3n) is 3.06. The number of hydrogen-bond acceptors (Lipinski definition) is 3. The molecule has 0 unspecified atom stereocenters. The molecule has 0 aliphatic rings. The van der Waals surface area contributed by atoms with Gasteiger partial charge in [-0.25, -0.2) is 0 Å². The van der Waals surface area contributed by atoms with E-state index < -0.39 is 5.97 Å². The molecule has 0 saturated carbocycles. The number of carboxylic acids is 1. The summed E-state index contributed by atoms with van der Waals surface area (Å²) < 4.78 is 1.58. The van der Waals surface area contributed by atoms with Crippen LogP contribution < -0.4 is 0 Å². The first kappa shape index (κ1) is 14.0. The predicted molar refractivity (Wildman–Crippen MR) is 77.6 cm³/mol. The lowest BCUT2D eigenvalue weighted by Gasteiger charge is -2.02. The molecule has 5 heteroatoms. The van der Waals surface area contributed by atoms with Crippen molar-refractivity contribution < 1.29 is 14.7 Å². The van der Waals surface area contributed by atoms with Gasteiger partial charge in [0.15, 0.2) is 0 Å². The summed E-state index contributed by atoms with van der Waals surface area (Å²) in [5, 5.41) is 9.57. The summed E-state index contributed by atoms with van der Waals surface area (Å²) in [7, 11) is 1.68. The third-order valence-corrected chi connectivity index (χ3v) is 3.06. The molecule has 5 nitrogen and oxygen atoms in total. The quantitative estimate of drug-likeness (QED) is 0.850. The topological polar surface area (TPSA) is 71.7 Å². The first-order valence-corrected chi connectivity index (χ1v) is 6.40. The Balaban J connectivity index is 2.29. The smallest absolute Gasteiger partial charge is 0.303 e. The standard InChI is InChI=1S/C15H16N2O3/c1-16-9-11-10-17(13-6-3-2-5-12(11)13)14(18)7-4-8-15(19)20/h2-3,5-6,9-10H,4,7-8H2,1H3,(H,19,20). The van der Waals surface area contributed by atoms with Gasteiger partial charge in [-0.15, -0.1) is 0 Å². The Bertz CT molecular complexity index is 671. The summed E-state index contributed by atoms with van der Waals surface area (Å²) in [5.41, 5.74) is 1.71. The minimum atomic E-state index is -0.881. The van der Waals surface area contributed by atoms with Crippen LogP contribution in [0.2, 0.25) is 0 Å². The van der Waals surface area contributed by atoms with Crippen LogP contribution in [0.15, 0.2) is 35.5 Å². The van der Waals surface area contributed by atoms with Crippen molar-refractivity contribution in [3.8, 4) is 0 Å². The van der Waals surface area contributed by atoms with E-state index in [0.29, 0.717) is 6.42 Å². The van der Waals surface area contributed by atoms with Gasteiger partial charge in [0.05, 0.1) is 5.52 Å². The Morgan fingerprint density at radius 1 is 1.30 bits per heavy atom. The van der Waals surface area contributed by atoms with Crippen LogP contribution in [0, 0.1) is 0 Å². The second-order valence-electron chi connectivity index (χ2n) is 4.50. The second kappa shape index (κ2) is 6.14. The van der Waals surface area contributed by atoms with Crippen molar-refractivity contribution in [2.45, 2.75) is 19.3 Å². The minimum absolute atomic E-state index is 0.00815. The van der Waals surface area contributed by atoms with Crippen molar-refractivity contribution in [1.82, 2.24) is 4.57 Å². The average Bonchev–Trinajstić information content (AvgIpc) is 2.78. The van der Waals surface area contributed by atoms with Crippen LogP contribution in [-0.4, -0.2) is 34.8 Å². The zero-order valence-corrected chi connectivity index (χ0v) is 11.2. The fourth-order valence-corrected chi connectivity index (χ4v) is 2.17. The summed E-state index contributed by atoms with van der Waals surface area (Å²) in [4.78, 5) is 26.7. The van der Waals surface area contributed by atoms with E-state index in [1.165, 1.54) is 0 Å². The summed E-state index contributed by atoms with van der Waals surface area (Å²) in [6.07, 6.45) is 4.03. The molecular weight excluding hydrogens is 256 g/mol. The van der Waals surface area contributed by atoms with E-state index in [0.717, 1.165) is 16.5 Å². The van der Waals surface area contributed by atoms with Crippen molar-refractivity contribution in [3.05, 3.63) is 36.0 Å². The maximum Gasteiger partial charge on any atom is 0.303 e. The van der Waals surface area contributed by atoms with Gasteiger partial charge in [0.25, 0.3) is 0 Å². The molecule has 0 aliphatic heterocycles. The van der Waals surface area contributed by atoms with Crippen molar-refractivity contribution in [3.63, 3.8) is 0 Å². The van der Waals surface area contributed by atoms with E-state index in [1.54, 1.807) is 24.0 Å². The Morgan fingerprint density at radius 2 is 2.05 bits per heavy atom. The average molecular weight is 272 g/mol. The molecule has 0 spiro atoms. The van der Waals surface area contributed by atoms with E-state index in [-0.39, 0.29) is 18.7 Å². The van der Waals surface area contributed by atoms with Gasteiger partial charge < -0.3 is 5.11 Å². The van der Waals surface area contributed by atoms with Gasteiger partial charge in [0.2, 0.25) is 5.91 Å². The van der Waals surface area contributed by atoms with Gasteiger partial charge >= 0.3 is 5.97 Å². The van der Waals surface area contributed by atoms with Crippen molar-refractivity contribution in [2.24, 2.45) is 4.99 Å². The number of fused-ring (bicyclic) bond motifs is 1. The van der Waals surface area contributed by atoms with Gasteiger partial charge in [-0.1, -0.05) is 18.2 Å². The number of carbonyl (C=O) groups is 2. The highest BCUT2D eigenvalue weighted by molar-refractivity contribution is 6.03. The highest BCUT2D eigenvalue weighted by Crippen LogP contribution is 2.20. The van der Waals surface area contributed by atoms with Crippen molar-refractivity contribution >= 4 is 29.0 Å². The van der Waals surface area contributed by atoms with Crippen LogP contribution >= 0.6 is 0 Å². The van der Waals surface area contributed by atoms with Crippen LogP contribution in [-0.2, 0) is 4.79 Å². The number of carbonyl (C=O) groups excluding carboxylic acids is 1. The highest BCUT2D eigenvalue weighted by Gasteiger charge is 2.12. The molecule has 1 aromatic carbocycles. The molecule has 0 bridgehead atoms. The number of carboxylic acid groups (broad SMARTS) is 1. The van der Waals surface area contributed by atoms with E-state index in [1.807, 2.05) is 24.3 Å². The second-order valence-corrected chi connectivity index (χ2v) is 4.50. The van der Waals surface area contributed by atoms with E-state index >= 15 is 0 Å². The molecule has 1 N–H and O–H groups in total. The molecule has 0 saturated heterocycles. The number of aliphatic imine (C=N–C) groups is 1. The number of rotatable bonds is 5. The summed E-state index contributed by atoms with van der Waals surface area (Å²) in [6, 6.07) is 7.59. The Kier molecular flexibility index (Phi) is 4.30. The third kappa shape index (κ3) is 2.93. The molecule has 0 radical (unpaired) electrons. The monoisotopic (exact) mass is 272 g/mol. The molecule has 0 aliphatic carbocycles. The zero-order chi connectivity index (χ0) is 14.5. The number of para-hydroxylation sites is 1. The molecule has 104 valence electrons. The lowest BCUT2D eigenvalue weighted by molar-refractivity contribution is -0.137. The molecule has 2 aromatic rings. The van der Waals surface area contributed by atoms with Crippen LogP contribution in [0.25, 0.3) is 10.9 Å². The van der Waals surface area contributed by atoms with Gasteiger partial charge in [0, 0.05) is 43.3 Å². The number of aromatic nitrogens is 1. The Labute approximate surface area is 116 Å². The number of benzene rings is 1. The maximum absolute atomic E-state index is 12.2.